The van der Waals surface area contributed by atoms with Gasteiger partial charge in [0.1, 0.15) is 0 Å². The van der Waals surface area contributed by atoms with Crippen LogP contribution in [0.5, 0.6) is 0 Å². The predicted octanol–water partition coefficient (Wildman–Crippen LogP) is 3.65. The Bertz CT molecular complexity index is 570. The van der Waals surface area contributed by atoms with Crippen LogP contribution in [0.3, 0.4) is 0 Å². The number of hydrogen-bond acceptors (Lipinski definition) is 1. The molecule has 0 spiro atoms. The largest absolute Gasteiger partial charge is 0.322 e. The molecule has 0 aliphatic rings. The first-order valence-electron chi connectivity index (χ1n) is 6.35. The molecule has 0 aromatic heterocycles. The van der Waals surface area contributed by atoms with Crippen LogP contribution in [0, 0.1) is 0 Å². The summed E-state index contributed by atoms with van der Waals surface area (Å²) < 4.78 is 0. The maximum Gasteiger partial charge on any atom is 0.255 e. The van der Waals surface area contributed by atoms with E-state index in [9.17, 15) is 4.79 Å². The summed E-state index contributed by atoms with van der Waals surface area (Å²) in [7, 11) is 0. The van der Waals surface area contributed by atoms with Gasteiger partial charge in [-0.1, -0.05) is 56.0 Å². The number of hydrogen-bond donors (Lipinski definition) is 1. The Labute approximate surface area is 113 Å². The van der Waals surface area contributed by atoms with E-state index in [2.05, 4.69) is 18.8 Å². The van der Waals surface area contributed by atoms with Crippen LogP contribution in [0.2, 0.25) is 0 Å². The summed E-state index contributed by atoms with van der Waals surface area (Å²) in [4.78, 5) is 12.1. The van der Waals surface area contributed by atoms with E-state index in [0.717, 1.165) is 12.0 Å². The number of carbonyl (C=O) groups excluding carboxylic acids is 1. The van der Waals surface area contributed by atoms with E-state index < -0.39 is 0 Å². The molecule has 0 heterocycles. The molecular formula is C17H17NO. The number of benzene rings is 2. The molecule has 2 aromatic rings. The highest BCUT2D eigenvalue weighted by Gasteiger charge is 2.07. The lowest BCUT2D eigenvalue weighted by Gasteiger charge is -2.08. The van der Waals surface area contributed by atoms with Gasteiger partial charge >= 0.3 is 0 Å². The van der Waals surface area contributed by atoms with Crippen molar-refractivity contribution >= 4 is 11.6 Å². The van der Waals surface area contributed by atoms with Gasteiger partial charge in [-0.2, -0.15) is 0 Å². The van der Waals surface area contributed by atoms with Crippen LogP contribution in [0.1, 0.15) is 28.4 Å². The highest BCUT2D eigenvalue weighted by atomic mass is 16.1. The molecule has 96 valence electrons. The Kier molecular flexibility index (Phi) is 4.14. The van der Waals surface area contributed by atoms with Crippen molar-refractivity contribution in [3.8, 4) is 0 Å². The van der Waals surface area contributed by atoms with Crippen LogP contribution in [-0.2, 0) is 6.42 Å². The molecule has 2 heteroatoms. The van der Waals surface area contributed by atoms with Crippen LogP contribution < -0.4 is 5.32 Å². The third-order valence-electron chi connectivity index (χ3n) is 3.01. The summed E-state index contributed by atoms with van der Waals surface area (Å²) in [5.41, 5.74) is 3.40. The second kappa shape index (κ2) is 6.01. The van der Waals surface area contributed by atoms with Crippen molar-refractivity contribution in [3.05, 3.63) is 77.9 Å². The standard InChI is InChI=1S/C17H17NO/c1-3-14-9-11-16(12-10-14)17(19)18-13(2)15-7-5-4-6-8-15/h4-12H,2-3H2,1H3,(H,18,19). The minimum Gasteiger partial charge on any atom is -0.322 e. The van der Waals surface area contributed by atoms with Crippen molar-refractivity contribution in [2.24, 2.45) is 0 Å². The van der Waals surface area contributed by atoms with E-state index in [0.29, 0.717) is 11.3 Å². The number of nitrogens with one attached hydrogen (secondary N) is 1. The third-order valence-corrected chi connectivity index (χ3v) is 3.01. The van der Waals surface area contributed by atoms with Gasteiger partial charge in [0.15, 0.2) is 0 Å². The van der Waals surface area contributed by atoms with Gasteiger partial charge in [0.25, 0.3) is 5.91 Å². The zero-order valence-electron chi connectivity index (χ0n) is 11.0. The van der Waals surface area contributed by atoms with Gasteiger partial charge in [-0.25, -0.2) is 0 Å². The van der Waals surface area contributed by atoms with Crippen LogP contribution in [0.15, 0.2) is 61.2 Å². The van der Waals surface area contributed by atoms with Crippen LogP contribution in [0.4, 0.5) is 0 Å². The molecule has 1 amide bonds. The lowest BCUT2D eigenvalue weighted by Crippen LogP contribution is -2.21. The van der Waals surface area contributed by atoms with Crippen molar-refractivity contribution in [2.45, 2.75) is 13.3 Å². The summed E-state index contributed by atoms with van der Waals surface area (Å²) in [5, 5.41) is 2.82. The van der Waals surface area contributed by atoms with E-state index in [1.54, 1.807) is 0 Å². The molecule has 2 rings (SSSR count). The minimum absolute atomic E-state index is 0.128. The molecule has 0 aliphatic carbocycles. The highest BCUT2D eigenvalue weighted by molar-refractivity contribution is 5.99. The van der Waals surface area contributed by atoms with Gasteiger partial charge in [-0.3, -0.25) is 4.79 Å². The molecular weight excluding hydrogens is 234 g/mol. The van der Waals surface area contributed by atoms with Crippen LogP contribution in [0.25, 0.3) is 5.70 Å². The summed E-state index contributed by atoms with van der Waals surface area (Å²) in [6.45, 7) is 5.98. The SMILES string of the molecule is C=C(NC(=O)c1ccc(CC)cc1)c1ccccc1. The molecule has 0 fully saturated rings. The molecule has 2 nitrogen and oxygen atoms in total. The summed E-state index contributed by atoms with van der Waals surface area (Å²) in [6.07, 6.45) is 0.971. The topological polar surface area (TPSA) is 29.1 Å². The normalized spacial score (nSPS) is 9.95. The molecule has 0 aliphatic heterocycles. The molecule has 0 bridgehead atoms. The molecule has 0 unspecified atom stereocenters. The number of aryl methyl sites for hydroxylation is 1. The van der Waals surface area contributed by atoms with E-state index in [4.69, 9.17) is 0 Å². The Morgan fingerprint density at radius 1 is 1.00 bits per heavy atom. The maximum absolute atomic E-state index is 12.1. The molecule has 1 N–H and O–H groups in total. The van der Waals surface area contributed by atoms with Crippen LogP contribution >= 0.6 is 0 Å². The average Bonchev–Trinajstić information content (AvgIpc) is 2.48. The van der Waals surface area contributed by atoms with Gasteiger partial charge < -0.3 is 5.32 Å². The van der Waals surface area contributed by atoms with Crippen molar-refractivity contribution in [1.29, 1.82) is 0 Å². The fraction of sp³-hybridized carbons (Fsp3) is 0.118. The molecule has 0 saturated carbocycles. The van der Waals surface area contributed by atoms with Crippen molar-refractivity contribution in [3.63, 3.8) is 0 Å². The van der Waals surface area contributed by atoms with E-state index >= 15 is 0 Å². The Hall–Kier alpha value is -2.35. The quantitative estimate of drug-likeness (QED) is 0.883. The summed E-state index contributed by atoms with van der Waals surface area (Å²) in [5.74, 6) is -0.128. The molecule has 0 saturated heterocycles. The van der Waals surface area contributed by atoms with Crippen molar-refractivity contribution in [1.82, 2.24) is 5.32 Å². The van der Waals surface area contributed by atoms with Crippen molar-refractivity contribution in [2.75, 3.05) is 0 Å². The number of rotatable bonds is 4. The van der Waals surface area contributed by atoms with Gasteiger partial charge in [0.2, 0.25) is 0 Å². The fourth-order valence-electron chi connectivity index (χ4n) is 1.81. The van der Waals surface area contributed by atoms with E-state index in [-0.39, 0.29) is 5.91 Å². The molecule has 0 radical (unpaired) electrons. The fourth-order valence-corrected chi connectivity index (χ4v) is 1.81. The zero-order chi connectivity index (χ0) is 13.7. The third kappa shape index (κ3) is 3.32. The Morgan fingerprint density at radius 2 is 1.63 bits per heavy atom. The predicted molar refractivity (Wildman–Crippen MR) is 78.8 cm³/mol. The first-order chi connectivity index (χ1) is 9.20. The first kappa shape index (κ1) is 13.1. The summed E-state index contributed by atoms with van der Waals surface area (Å²) in [6, 6.07) is 17.2. The maximum atomic E-state index is 12.1. The van der Waals surface area contributed by atoms with E-state index in [1.165, 1.54) is 5.56 Å². The molecule has 0 atom stereocenters. The van der Waals surface area contributed by atoms with Gasteiger partial charge in [0.05, 0.1) is 0 Å². The monoisotopic (exact) mass is 251 g/mol. The van der Waals surface area contributed by atoms with Crippen molar-refractivity contribution < 1.29 is 4.79 Å². The lowest BCUT2D eigenvalue weighted by molar-refractivity contribution is 0.0974. The van der Waals surface area contributed by atoms with Gasteiger partial charge in [-0.15, -0.1) is 0 Å². The summed E-state index contributed by atoms with van der Waals surface area (Å²) >= 11 is 0. The number of carbonyl (C=O) groups is 1. The van der Waals surface area contributed by atoms with Gasteiger partial charge in [0, 0.05) is 11.3 Å². The second-order valence-electron chi connectivity index (χ2n) is 4.35. The number of amides is 1. The second-order valence-corrected chi connectivity index (χ2v) is 4.35. The smallest absolute Gasteiger partial charge is 0.255 e. The molecule has 19 heavy (non-hydrogen) atoms. The zero-order valence-corrected chi connectivity index (χ0v) is 11.0. The molecule has 2 aromatic carbocycles. The van der Waals surface area contributed by atoms with Crippen LogP contribution in [-0.4, -0.2) is 5.91 Å². The van der Waals surface area contributed by atoms with E-state index in [1.807, 2.05) is 54.6 Å². The lowest BCUT2D eigenvalue weighted by atomic mass is 10.1. The Morgan fingerprint density at radius 3 is 2.21 bits per heavy atom. The highest BCUT2D eigenvalue weighted by Crippen LogP contribution is 2.10. The average molecular weight is 251 g/mol. The first-order valence-corrected chi connectivity index (χ1v) is 6.35. The minimum atomic E-state index is -0.128. The Balaban J connectivity index is 2.06. The van der Waals surface area contributed by atoms with Gasteiger partial charge in [-0.05, 0) is 29.7 Å².